The van der Waals surface area contributed by atoms with E-state index in [4.69, 9.17) is 10.00 Å². The van der Waals surface area contributed by atoms with Gasteiger partial charge in [0.25, 0.3) is 0 Å². The summed E-state index contributed by atoms with van der Waals surface area (Å²) < 4.78 is 18.3. The normalized spacial score (nSPS) is 15.6. The zero-order valence-corrected chi connectivity index (χ0v) is 12.0. The van der Waals surface area contributed by atoms with Gasteiger partial charge in [-0.25, -0.2) is 9.18 Å². The van der Waals surface area contributed by atoms with Gasteiger partial charge in [0.15, 0.2) is 0 Å². The molecule has 0 atom stereocenters. The number of hydrogen-bond acceptors (Lipinski definition) is 4. The lowest BCUT2D eigenvalue weighted by molar-refractivity contribution is 0.0778. The fourth-order valence-electron chi connectivity index (χ4n) is 2.37. The second-order valence-corrected chi connectivity index (χ2v) is 4.92. The van der Waals surface area contributed by atoms with Crippen LogP contribution in [0.5, 0.6) is 0 Å². The van der Waals surface area contributed by atoms with Crippen LogP contribution in [0.25, 0.3) is 0 Å². The van der Waals surface area contributed by atoms with Crippen LogP contribution in [0.4, 0.5) is 9.18 Å². The number of hydrogen-bond donors (Lipinski definition) is 0. The van der Waals surface area contributed by atoms with Gasteiger partial charge in [-0.2, -0.15) is 5.26 Å². The molecule has 0 unspecified atom stereocenters. The Morgan fingerprint density at radius 2 is 2.05 bits per heavy atom. The van der Waals surface area contributed by atoms with E-state index in [0.717, 1.165) is 5.56 Å². The van der Waals surface area contributed by atoms with Crippen molar-refractivity contribution in [3.63, 3.8) is 0 Å². The second-order valence-electron chi connectivity index (χ2n) is 4.92. The zero-order chi connectivity index (χ0) is 15.2. The fraction of sp³-hybridized carbons (Fsp3) is 0.467. The average molecular weight is 291 g/mol. The average Bonchev–Trinajstić information content (AvgIpc) is 2.47. The molecule has 1 heterocycles. The van der Waals surface area contributed by atoms with Crippen LogP contribution in [0, 0.1) is 17.1 Å². The minimum atomic E-state index is -0.394. The standard InChI is InChI=1S/C15H18FN3O2/c1-2-21-15(20)19-5-3-18(4-6-19)11-13-7-12(10-17)8-14(16)9-13/h7-9H,2-6,11H2,1H3. The highest BCUT2D eigenvalue weighted by molar-refractivity contribution is 5.67. The molecular formula is C15H18FN3O2. The number of benzene rings is 1. The second kappa shape index (κ2) is 7.04. The maximum Gasteiger partial charge on any atom is 0.409 e. The van der Waals surface area contributed by atoms with Crippen LogP contribution in [-0.2, 0) is 11.3 Å². The SMILES string of the molecule is CCOC(=O)N1CCN(Cc2cc(F)cc(C#N)c2)CC1. The van der Waals surface area contributed by atoms with E-state index in [0.29, 0.717) is 44.9 Å². The number of ether oxygens (including phenoxy) is 1. The third-order valence-corrected chi connectivity index (χ3v) is 3.39. The number of halogens is 1. The zero-order valence-electron chi connectivity index (χ0n) is 12.0. The number of amides is 1. The van der Waals surface area contributed by atoms with Crippen molar-refractivity contribution in [1.29, 1.82) is 5.26 Å². The predicted octanol–water partition coefficient (Wildman–Crippen LogP) is 1.97. The van der Waals surface area contributed by atoms with Gasteiger partial charge >= 0.3 is 6.09 Å². The molecule has 1 fully saturated rings. The Bertz CT molecular complexity index is 548. The van der Waals surface area contributed by atoms with E-state index in [-0.39, 0.29) is 6.09 Å². The highest BCUT2D eigenvalue weighted by Gasteiger charge is 2.21. The first-order valence-electron chi connectivity index (χ1n) is 6.96. The Balaban J connectivity index is 1.90. The molecule has 0 bridgehead atoms. The van der Waals surface area contributed by atoms with Crippen LogP contribution in [0.1, 0.15) is 18.1 Å². The van der Waals surface area contributed by atoms with E-state index in [2.05, 4.69) is 4.90 Å². The number of nitriles is 1. The van der Waals surface area contributed by atoms with E-state index in [9.17, 15) is 9.18 Å². The smallest absolute Gasteiger partial charge is 0.409 e. The molecule has 0 saturated carbocycles. The van der Waals surface area contributed by atoms with Crippen molar-refractivity contribution in [3.8, 4) is 6.07 Å². The Kier molecular flexibility index (Phi) is 5.12. The Labute approximate surface area is 123 Å². The molecule has 1 aromatic rings. The summed E-state index contributed by atoms with van der Waals surface area (Å²) >= 11 is 0. The third-order valence-electron chi connectivity index (χ3n) is 3.39. The van der Waals surface area contributed by atoms with Crippen LogP contribution < -0.4 is 0 Å². The van der Waals surface area contributed by atoms with E-state index in [1.54, 1.807) is 17.9 Å². The highest BCUT2D eigenvalue weighted by Crippen LogP contribution is 2.13. The minimum absolute atomic E-state index is 0.283. The maximum absolute atomic E-state index is 13.4. The van der Waals surface area contributed by atoms with Gasteiger partial charge in [-0.1, -0.05) is 0 Å². The van der Waals surface area contributed by atoms with Crippen molar-refractivity contribution >= 4 is 6.09 Å². The van der Waals surface area contributed by atoms with Crippen molar-refractivity contribution < 1.29 is 13.9 Å². The summed E-state index contributed by atoms with van der Waals surface area (Å²) in [6.45, 7) is 5.33. The lowest BCUT2D eigenvalue weighted by Crippen LogP contribution is -2.48. The molecule has 0 radical (unpaired) electrons. The van der Waals surface area contributed by atoms with E-state index in [1.165, 1.54) is 12.1 Å². The molecule has 2 rings (SSSR count). The van der Waals surface area contributed by atoms with Gasteiger partial charge in [0.2, 0.25) is 0 Å². The Morgan fingerprint density at radius 1 is 1.33 bits per heavy atom. The quantitative estimate of drug-likeness (QED) is 0.854. The summed E-state index contributed by atoms with van der Waals surface area (Å²) in [5.41, 5.74) is 1.10. The molecule has 1 aliphatic rings. The number of carbonyl (C=O) groups excluding carboxylic acids is 1. The molecule has 0 spiro atoms. The number of piperazine rings is 1. The number of carbonyl (C=O) groups is 1. The van der Waals surface area contributed by atoms with Gasteiger partial charge in [0.05, 0.1) is 18.2 Å². The van der Waals surface area contributed by atoms with E-state index >= 15 is 0 Å². The summed E-state index contributed by atoms with van der Waals surface area (Å²) in [5, 5.41) is 8.85. The Morgan fingerprint density at radius 3 is 2.67 bits per heavy atom. The van der Waals surface area contributed by atoms with E-state index < -0.39 is 5.82 Å². The highest BCUT2D eigenvalue weighted by atomic mass is 19.1. The molecule has 0 N–H and O–H groups in total. The van der Waals surface area contributed by atoms with Crippen molar-refractivity contribution in [2.75, 3.05) is 32.8 Å². The molecule has 0 aromatic heterocycles. The lowest BCUT2D eigenvalue weighted by Gasteiger charge is -2.34. The largest absolute Gasteiger partial charge is 0.450 e. The first kappa shape index (κ1) is 15.3. The van der Waals surface area contributed by atoms with Crippen molar-refractivity contribution in [3.05, 3.63) is 35.1 Å². The molecule has 0 aliphatic carbocycles. The molecule has 6 heteroatoms. The molecule has 1 aromatic carbocycles. The first-order valence-corrected chi connectivity index (χ1v) is 6.96. The van der Waals surface area contributed by atoms with Gasteiger partial charge in [-0.05, 0) is 30.7 Å². The number of rotatable bonds is 3. The van der Waals surface area contributed by atoms with Crippen LogP contribution in [0.2, 0.25) is 0 Å². The number of nitrogens with zero attached hydrogens (tertiary/aromatic N) is 3. The summed E-state index contributed by atoms with van der Waals surface area (Å²) in [6, 6.07) is 6.32. The molecule has 21 heavy (non-hydrogen) atoms. The van der Waals surface area contributed by atoms with Crippen molar-refractivity contribution in [2.24, 2.45) is 0 Å². The fourth-order valence-corrected chi connectivity index (χ4v) is 2.37. The van der Waals surface area contributed by atoms with Gasteiger partial charge in [0, 0.05) is 32.7 Å². The van der Waals surface area contributed by atoms with Crippen molar-refractivity contribution in [1.82, 2.24) is 9.80 Å². The van der Waals surface area contributed by atoms with Crippen LogP contribution in [-0.4, -0.2) is 48.7 Å². The van der Waals surface area contributed by atoms with Gasteiger partial charge in [0.1, 0.15) is 5.82 Å². The lowest BCUT2D eigenvalue weighted by atomic mass is 10.1. The topological polar surface area (TPSA) is 56.6 Å². The van der Waals surface area contributed by atoms with Crippen LogP contribution in [0.15, 0.2) is 18.2 Å². The van der Waals surface area contributed by atoms with E-state index in [1.807, 2.05) is 6.07 Å². The molecule has 112 valence electrons. The summed E-state index contributed by atoms with van der Waals surface area (Å²) in [6.07, 6.45) is -0.283. The van der Waals surface area contributed by atoms with Crippen LogP contribution >= 0.6 is 0 Å². The molecule has 1 amide bonds. The first-order chi connectivity index (χ1) is 10.1. The summed E-state index contributed by atoms with van der Waals surface area (Å²) in [4.78, 5) is 15.4. The summed E-state index contributed by atoms with van der Waals surface area (Å²) in [5.74, 6) is -0.394. The summed E-state index contributed by atoms with van der Waals surface area (Å²) in [7, 11) is 0. The molecule has 5 nitrogen and oxygen atoms in total. The Hall–Kier alpha value is -2.13. The molecule has 1 saturated heterocycles. The maximum atomic E-state index is 13.4. The van der Waals surface area contributed by atoms with Gasteiger partial charge in [-0.3, -0.25) is 4.90 Å². The van der Waals surface area contributed by atoms with Crippen LogP contribution in [0.3, 0.4) is 0 Å². The third kappa shape index (κ3) is 4.17. The monoisotopic (exact) mass is 291 g/mol. The van der Waals surface area contributed by atoms with Crippen molar-refractivity contribution in [2.45, 2.75) is 13.5 Å². The molecule has 1 aliphatic heterocycles. The van der Waals surface area contributed by atoms with Gasteiger partial charge < -0.3 is 9.64 Å². The van der Waals surface area contributed by atoms with Gasteiger partial charge in [-0.15, -0.1) is 0 Å². The minimum Gasteiger partial charge on any atom is -0.450 e. The molecular weight excluding hydrogens is 273 g/mol. The predicted molar refractivity (Wildman–Crippen MR) is 75.0 cm³/mol.